The van der Waals surface area contributed by atoms with E-state index in [-0.39, 0.29) is 0 Å². The van der Waals surface area contributed by atoms with E-state index in [1.807, 2.05) is 12.7 Å². The van der Waals surface area contributed by atoms with Crippen LogP contribution in [-0.2, 0) is 4.74 Å². The number of hydrogen-bond donors (Lipinski definition) is 0. The van der Waals surface area contributed by atoms with Gasteiger partial charge in [0.1, 0.15) is 0 Å². The molecule has 0 bridgehead atoms. The second kappa shape index (κ2) is 7.70. The highest BCUT2D eigenvalue weighted by Gasteiger charge is 1.84. The SMILES string of the molecule is C=CCC[CH]OCCC. The van der Waals surface area contributed by atoms with Crippen molar-refractivity contribution in [1.29, 1.82) is 0 Å². The van der Waals surface area contributed by atoms with Crippen molar-refractivity contribution in [2.45, 2.75) is 26.2 Å². The third-order valence-electron chi connectivity index (χ3n) is 0.928. The molecule has 0 saturated heterocycles. The van der Waals surface area contributed by atoms with E-state index in [1.165, 1.54) is 0 Å². The molecule has 0 saturated carbocycles. The Morgan fingerprint density at radius 2 is 2.22 bits per heavy atom. The van der Waals surface area contributed by atoms with E-state index in [0.29, 0.717) is 0 Å². The highest BCUT2D eigenvalue weighted by molar-refractivity contribution is 4.68. The first kappa shape index (κ1) is 8.70. The Bertz CT molecular complexity index is 59.6. The van der Waals surface area contributed by atoms with Gasteiger partial charge in [0.05, 0.1) is 6.61 Å². The van der Waals surface area contributed by atoms with Gasteiger partial charge in [-0.15, -0.1) is 6.58 Å². The van der Waals surface area contributed by atoms with Crippen molar-refractivity contribution in [3.05, 3.63) is 19.3 Å². The van der Waals surface area contributed by atoms with E-state index in [0.717, 1.165) is 25.9 Å². The van der Waals surface area contributed by atoms with Crippen LogP contribution in [0.2, 0.25) is 0 Å². The van der Waals surface area contributed by atoms with Gasteiger partial charge in [-0.05, 0) is 19.3 Å². The molecule has 0 aromatic carbocycles. The molecular formula is C8H15O. The summed E-state index contributed by atoms with van der Waals surface area (Å²) in [5.74, 6) is 0. The van der Waals surface area contributed by atoms with Crippen LogP contribution >= 0.6 is 0 Å². The van der Waals surface area contributed by atoms with E-state index in [4.69, 9.17) is 4.74 Å². The number of rotatable bonds is 6. The molecule has 0 aliphatic carbocycles. The second-order valence-corrected chi connectivity index (χ2v) is 1.90. The zero-order valence-corrected chi connectivity index (χ0v) is 6.10. The van der Waals surface area contributed by atoms with Crippen LogP contribution in [-0.4, -0.2) is 6.61 Å². The van der Waals surface area contributed by atoms with Crippen LogP contribution < -0.4 is 0 Å². The van der Waals surface area contributed by atoms with Gasteiger partial charge in [-0.2, -0.15) is 0 Å². The Morgan fingerprint density at radius 3 is 2.78 bits per heavy atom. The van der Waals surface area contributed by atoms with Gasteiger partial charge in [0.25, 0.3) is 0 Å². The van der Waals surface area contributed by atoms with Crippen molar-refractivity contribution in [2.75, 3.05) is 6.61 Å². The maximum atomic E-state index is 5.11. The van der Waals surface area contributed by atoms with E-state index in [2.05, 4.69) is 13.5 Å². The van der Waals surface area contributed by atoms with Crippen molar-refractivity contribution in [2.24, 2.45) is 0 Å². The topological polar surface area (TPSA) is 9.23 Å². The molecule has 0 heterocycles. The zero-order valence-electron chi connectivity index (χ0n) is 6.10. The van der Waals surface area contributed by atoms with E-state index in [9.17, 15) is 0 Å². The minimum absolute atomic E-state index is 0.844. The van der Waals surface area contributed by atoms with Gasteiger partial charge < -0.3 is 4.74 Å². The molecule has 1 heteroatoms. The second-order valence-electron chi connectivity index (χ2n) is 1.90. The largest absolute Gasteiger partial charge is 0.376 e. The summed E-state index contributed by atoms with van der Waals surface area (Å²) in [6.07, 6.45) is 4.99. The van der Waals surface area contributed by atoms with Crippen molar-refractivity contribution < 1.29 is 4.74 Å². The maximum absolute atomic E-state index is 5.11. The van der Waals surface area contributed by atoms with Crippen LogP contribution in [0, 0.1) is 6.61 Å². The highest BCUT2D eigenvalue weighted by Crippen LogP contribution is 1.95. The van der Waals surface area contributed by atoms with Gasteiger partial charge >= 0.3 is 0 Å². The van der Waals surface area contributed by atoms with Gasteiger partial charge in [0.15, 0.2) is 0 Å². The van der Waals surface area contributed by atoms with Crippen LogP contribution in [0.4, 0.5) is 0 Å². The molecule has 0 amide bonds. The molecule has 0 atom stereocenters. The first-order chi connectivity index (χ1) is 4.41. The van der Waals surface area contributed by atoms with Gasteiger partial charge in [-0.3, -0.25) is 0 Å². The van der Waals surface area contributed by atoms with Crippen molar-refractivity contribution >= 4 is 0 Å². The fourth-order valence-corrected chi connectivity index (χ4v) is 0.470. The molecule has 1 nitrogen and oxygen atoms in total. The summed E-state index contributed by atoms with van der Waals surface area (Å²) in [6, 6.07) is 0. The van der Waals surface area contributed by atoms with Gasteiger partial charge in [-0.25, -0.2) is 0 Å². The smallest absolute Gasteiger partial charge is 0.0839 e. The fraction of sp³-hybridized carbons (Fsp3) is 0.625. The molecule has 0 aliphatic heterocycles. The Balaban J connectivity index is 2.66. The third-order valence-corrected chi connectivity index (χ3v) is 0.928. The Hall–Kier alpha value is -0.300. The molecule has 0 unspecified atom stereocenters. The van der Waals surface area contributed by atoms with E-state index < -0.39 is 0 Å². The van der Waals surface area contributed by atoms with Gasteiger partial charge in [-0.1, -0.05) is 13.0 Å². The standard InChI is InChI=1S/C8H15O/c1-3-5-6-8-9-7-4-2/h3,8H,1,4-7H2,2H3. The monoisotopic (exact) mass is 127 g/mol. The summed E-state index contributed by atoms with van der Waals surface area (Å²) in [4.78, 5) is 0. The van der Waals surface area contributed by atoms with Crippen LogP contribution in [0.1, 0.15) is 26.2 Å². The number of allylic oxidation sites excluding steroid dienone is 1. The first-order valence-corrected chi connectivity index (χ1v) is 3.46. The average molecular weight is 127 g/mol. The summed E-state index contributed by atoms with van der Waals surface area (Å²) in [5.41, 5.74) is 0. The highest BCUT2D eigenvalue weighted by atomic mass is 16.5. The molecule has 53 valence electrons. The average Bonchev–Trinajstić information content (AvgIpc) is 1.89. The first-order valence-electron chi connectivity index (χ1n) is 3.46. The molecule has 1 radical (unpaired) electrons. The Kier molecular flexibility index (Phi) is 7.44. The molecule has 0 fully saturated rings. The predicted octanol–water partition coefficient (Wildman–Crippen LogP) is 2.54. The summed E-state index contributed by atoms with van der Waals surface area (Å²) >= 11 is 0. The van der Waals surface area contributed by atoms with E-state index in [1.54, 1.807) is 0 Å². The molecule has 0 aliphatic rings. The zero-order chi connectivity index (χ0) is 6.95. The van der Waals surface area contributed by atoms with E-state index >= 15 is 0 Å². The lowest BCUT2D eigenvalue weighted by Crippen LogP contribution is -1.88. The van der Waals surface area contributed by atoms with Gasteiger partial charge in [0, 0.05) is 6.61 Å². The summed E-state index contributed by atoms with van der Waals surface area (Å²) in [5, 5.41) is 0. The minimum atomic E-state index is 0.844. The maximum Gasteiger partial charge on any atom is 0.0839 e. The number of unbranched alkanes of at least 4 members (excludes halogenated alkanes) is 1. The summed E-state index contributed by atoms with van der Waals surface area (Å²) in [7, 11) is 0. The molecule has 0 aromatic heterocycles. The van der Waals surface area contributed by atoms with Crippen molar-refractivity contribution in [3.63, 3.8) is 0 Å². The lowest BCUT2D eigenvalue weighted by Gasteiger charge is -1.97. The fourth-order valence-electron chi connectivity index (χ4n) is 0.470. The van der Waals surface area contributed by atoms with Crippen molar-refractivity contribution in [3.8, 4) is 0 Å². The van der Waals surface area contributed by atoms with Crippen molar-refractivity contribution in [1.82, 2.24) is 0 Å². The van der Waals surface area contributed by atoms with Gasteiger partial charge in [0.2, 0.25) is 0 Å². The molecular weight excluding hydrogens is 112 g/mol. The normalized spacial score (nSPS) is 9.44. The minimum Gasteiger partial charge on any atom is -0.376 e. The Morgan fingerprint density at radius 1 is 1.44 bits per heavy atom. The third kappa shape index (κ3) is 7.70. The summed E-state index contributed by atoms with van der Waals surface area (Å²) < 4.78 is 5.11. The van der Waals surface area contributed by atoms with Crippen LogP contribution in [0.15, 0.2) is 12.7 Å². The predicted molar refractivity (Wildman–Crippen MR) is 40.0 cm³/mol. The van der Waals surface area contributed by atoms with Crippen LogP contribution in [0.25, 0.3) is 0 Å². The molecule has 0 aromatic rings. The van der Waals surface area contributed by atoms with Crippen LogP contribution in [0.3, 0.4) is 0 Å². The number of ether oxygens (including phenoxy) is 1. The molecule has 0 rings (SSSR count). The lowest BCUT2D eigenvalue weighted by molar-refractivity contribution is 0.192. The summed E-state index contributed by atoms with van der Waals surface area (Å²) in [6.45, 7) is 8.40. The quantitative estimate of drug-likeness (QED) is 0.393. The lowest BCUT2D eigenvalue weighted by atomic mass is 10.3. The molecule has 0 N–H and O–H groups in total. The Labute approximate surface area is 57.7 Å². The number of hydrogen-bond acceptors (Lipinski definition) is 1. The molecule has 0 spiro atoms. The van der Waals surface area contributed by atoms with Crippen LogP contribution in [0.5, 0.6) is 0 Å². The molecule has 9 heavy (non-hydrogen) atoms.